The number of carboxylic acid groups (broad SMARTS) is 1. The lowest BCUT2D eigenvalue weighted by molar-refractivity contribution is -0.137. The van der Waals surface area contributed by atoms with Gasteiger partial charge in [-0.15, -0.1) is 0 Å². The first kappa shape index (κ1) is 22.2. The molecule has 8 heteroatoms. The van der Waals surface area contributed by atoms with E-state index >= 15 is 0 Å². The molecule has 1 aliphatic carbocycles. The summed E-state index contributed by atoms with van der Waals surface area (Å²) in [6.45, 7) is 0.170. The zero-order chi connectivity index (χ0) is 22.7. The van der Waals surface area contributed by atoms with E-state index in [1.54, 1.807) is 18.3 Å². The number of carboxylic acids is 1. The SMILES string of the molecule is COc1ccc(F)c(-c2ncc(COc3cccc(C(CC(=O)O)C4CC4)c3)nc2Br)c1. The summed E-state index contributed by atoms with van der Waals surface area (Å²) in [5.74, 6) is 0.373. The van der Waals surface area contributed by atoms with E-state index in [0.717, 1.165) is 18.4 Å². The molecular weight excluding hydrogens is 479 g/mol. The zero-order valence-corrected chi connectivity index (χ0v) is 19.0. The van der Waals surface area contributed by atoms with Gasteiger partial charge in [-0.25, -0.2) is 9.37 Å². The highest BCUT2D eigenvalue weighted by molar-refractivity contribution is 9.10. The fourth-order valence-corrected chi connectivity index (χ4v) is 4.24. The molecule has 0 amide bonds. The van der Waals surface area contributed by atoms with Crippen molar-refractivity contribution in [2.24, 2.45) is 5.92 Å². The van der Waals surface area contributed by atoms with Crippen LogP contribution in [0, 0.1) is 11.7 Å². The van der Waals surface area contributed by atoms with E-state index in [0.29, 0.717) is 33.4 Å². The highest BCUT2D eigenvalue weighted by Crippen LogP contribution is 2.45. The summed E-state index contributed by atoms with van der Waals surface area (Å²) < 4.78 is 25.7. The summed E-state index contributed by atoms with van der Waals surface area (Å²) >= 11 is 3.37. The van der Waals surface area contributed by atoms with Gasteiger partial charge < -0.3 is 14.6 Å². The molecule has 1 heterocycles. The molecule has 0 aliphatic heterocycles. The van der Waals surface area contributed by atoms with Crippen LogP contribution in [0.3, 0.4) is 0 Å². The first-order valence-corrected chi connectivity index (χ1v) is 11.0. The maximum Gasteiger partial charge on any atom is 0.303 e. The number of benzene rings is 2. The predicted molar refractivity (Wildman–Crippen MR) is 120 cm³/mol. The predicted octanol–water partition coefficient (Wildman–Crippen LogP) is 5.60. The van der Waals surface area contributed by atoms with E-state index in [4.69, 9.17) is 9.47 Å². The van der Waals surface area contributed by atoms with Crippen molar-refractivity contribution in [2.45, 2.75) is 31.8 Å². The average molecular weight is 501 g/mol. The summed E-state index contributed by atoms with van der Waals surface area (Å²) in [5, 5.41) is 9.24. The minimum Gasteiger partial charge on any atom is -0.497 e. The molecule has 0 spiro atoms. The molecule has 0 radical (unpaired) electrons. The number of hydrogen-bond donors (Lipinski definition) is 1. The largest absolute Gasteiger partial charge is 0.497 e. The van der Waals surface area contributed by atoms with Crippen LogP contribution in [0.5, 0.6) is 11.5 Å². The monoisotopic (exact) mass is 500 g/mol. The third-order valence-electron chi connectivity index (χ3n) is 5.47. The van der Waals surface area contributed by atoms with Gasteiger partial charge in [0.25, 0.3) is 0 Å². The zero-order valence-electron chi connectivity index (χ0n) is 17.4. The van der Waals surface area contributed by atoms with E-state index in [2.05, 4.69) is 25.9 Å². The van der Waals surface area contributed by atoms with Gasteiger partial charge in [0, 0.05) is 5.56 Å². The molecule has 1 unspecified atom stereocenters. The molecule has 1 atom stereocenters. The molecule has 6 nitrogen and oxygen atoms in total. The minimum absolute atomic E-state index is 0.00188. The molecule has 1 aliphatic rings. The standard InChI is InChI=1S/C24H22BrFN2O4/c1-31-17-7-8-21(26)20(10-17)23-24(25)28-16(12-27-23)13-32-18-4-2-3-15(9-18)19(11-22(29)30)14-5-6-14/h2-4,7-10,12,14,19H,5-6,11,13H2,1H3,(H,29,30). The van der Waals surface area contributed by atoms with Crippen LogP contribution in [0.25, 0.3) is 11.3 Å². The molecule has 0 bridgehead atoms. The van der Waals surface area contributed by atoms with Crippen LogP contribution in [-0.2, 0) is 11.4 Å². The fourth-order valence-electron chi connectivity index (χ4n) is 3.70. The number of aliphatic carboxylic acids is 1. The van der Waals surface area contributed by atoms with Gasteiger partial charge in [-0.1, -0.05) is 12.1 Å². The van der Waals surface area contributed by atoms with Crippen molar-refractivity contribution in [2.75, 3.05) is 7.11 Å². The molecule has 2 aromatic carbocycles. The number of aromatic nitrogens is 2. The van der Waals surface area contributed by atoms with Crippen molar-refractivity contribution in [1.82, 2.24) is 9.97 Å². The number of ether oxygens (including phenoxy) is 2. The van der Waals surface area contributed by atoms with E-state index < -0.39 is 11.8 Å². The Kier molecular flexibility index (Phi) is 6.69. The Balaban J connectivity index is 1.48. The number of halogens is 2. The van der Waals surface area contributed by atoms with E-state index in [-0.39, 0.29) is 24.5 Å². The van der Waals surface area contributed by atoms with Gasteiger partial charge in [-0.05, 0) is 76.5 Å². The summed E-state index contributed by atoms with van der Waals surface area (Å²) in [6, 6.07) is 12.0. The van der Waals surface area contributed by atoms with Crippen LogP contribution in [0.15, 0.2) is 53.3 Å². The van der Waals surface area contributed by atoms with Crippen molar-refractivity contribution >= 4 is 21.9 Å². The maximum atomic E-state index is 14.3. The van der Waals surface area contributed by atoms with E-state index in [1.807, 2.05) is 24.3 Å². The molecule has 1 N–H and O–H groups in total. The molecule has 0 saturated heterocycles. The second-order valence-electron chi connectivity index (χ2n) is 7.75. The third-order valence-corrected chi connectivity index (χ3v) is 6.02. The van der Waals surface area contributed by atoms with Crippen molar-refractivity contribution in [3.05, 3.63) is 70.3 Å². The molecule has 1 saturated carbocycles. The smallest absolute Gasteiger partial charge is 0.303 e. The van der Waals surface area contributed by atoms with Crippen LogP contribution < -0.4 is 9.47 Å². The van der Waals surface area contributed by atoms with Gasteiger partial charge in [0.2, 0.25) is 0 Å². The second kappa shape index (κ2) is 9.65. The molecule has 1 fully saturated rings. The number of rotatable bonds is 9. The highest BCUT2D eigenvalue weighted by Gasteiger charge is 2.33. The number of nitrogens with zero attached hydrogens (tertiary/aromatic N) is 2. The Morgan fingerprint density at radius 2 is 2.06 bits per heavy atom. The van der Waals surface area contributed by atoms with Crippen molar-refractivity contribution in [3.63, 3.8) is 0 Å². The number of carbonyl (C=O) groups is 1. The minimum atomic E-state index is -0.791. The summed E-state index contributed by atoms with van der Waals surface area (Å²) in [4.78, 5) is 20.0. The van der Waals surface area contributed by atoms with Gasteiger partial charge >= 0.3 is 5.97 Å². The van der Waals surface area contributed by atoms with Crippen molar-refractivity contribution in [3.8, 4) is 22.8 Å². The van der Waals surface area contributed by atoms with Gasteiger partial charge in [-0.2, -0.15) is 0 Å². The van der Waals surface area contributed by atoms with E-state index in [9.17, 15) is 14.3 Å². The van der Waals surface area contributed by atoms with Crippen LogP contribution in [0.2, 0.25) is 0 Å². The summed E-state index contributed by atoms with van der Waals surface area (Å²) in [7, 11) is 1.52. The number of hydrogen-bond acceptors (Lipinski definition) is 5. The Morgan fingerprint density at radius 3 is 2.75 bits per heavy atom. The molecule has 32 heavy (non-hydrogen) atoms. The van der Waals surface area contributed by atoms with Gasteiger partial charge in [-0.3, -0.25) is 9.78 Å². The van der Waals surface area contributed by atoms with Crippen LogP contribution in [0.4, 0.5) is 4.39 Å². The van der Waals surface area contributed by atoms with Crippen LogP contribution in [-0.4, -0.2) is 28.2 Å². The topological polar surface area (TPSA) is 81.5 Å². The van der Waals surface area contributed by atoms with Crippen LogP contribution in [0.1, 0.15) is 36.4 Å². The Bertz CT molecular complexity index is 1140. The lowest BCUT2D eigenvalue weighted by atomic mass is 9.91. The Morgan fingerprint density at radius 1 is 1.25 bits per heavy atom. The van der Waals surface area contributed by atoms with Crippen LogP contribution >= 0.6 is 15.9 Å². The molecule has 1 aromatic heterocycles. The Labute approximate surface area is 193 Å². The molecule has 166 valence electrons. The lowest BCUT2D eigenvalue weighted by Crippen LogP contribution is -2.08. The second-order valence-corrected chi connectivity index (χ2v) is 8.50. The average Bonchev–Trinajstić information content (AvgIpc) is 3.62. The van der Waals surface area contributed by atoms with Gasteiger partial charge in [0.15, 0.2) is 0 Å². The van der Waals surface area contributed by atoms with Gasteiger partial charge in [0.1, 0.15) is 34.2 Å². The van der Waals surface area contributed by atoms with Crippen molar-refractivity contribution in [1.29, 1.82) is 0 Å². The van der Waals surface area contributed by atoms with Crippen molar-refractivity contribution < 1.29 is 23.8 Å². The first-order chi connectivity index (χ1) is 15.4. The maximum absolute atomic E-state index is 14.3. The molecular formula is C24H22BrFN2O4. The highest BCUT2D eigenvalue weighted by atomic mass is 79.9. The summed E-state index contributed by atoms with van der Waals surface area (Å²) in [5.41, 5.74) is 2.20. The fraction of sp³-hybridized carbons (Fsp3) is 0.292. The Hall–Kier alpha value is -3.00. The first-order valence-electron chi connectivity index (χ1n) is 10.2. The lowest BCUT2D eigenvalue weighted by Gasteiger charge is -2.16. The quantitative estimate of drug-likeness (QED) is 0.411. The summed E-state index contributed by atoms with van der Waals surface area (Å²) in [6.07, 6.45) is 3.79. The third kappa shape index (κ3) is 5.24. The van der Waals surface area contributed by atoms with E-state index in [1.165, 1.54) is 13.2 Å². The molecule has 3 aromatic rings. The van der Waals surface area contributed by atoms with Gasteiger partial charge in [0.05, 0.1) is 25.4 Å². The molecule has 4 rings (SSSR count). The number of methoxy groups -OCH3 is 1. The normalized spacial score (nSPS) is 14.1.